The number of hydrazine groups is 1. The molecule has 4 N–H and O–H groups in total. The SMILES string of the molecule is N#CNC(=NCCCCCCCCN(N)CCCN1CCOCC1)Nc1ccncc1. The van der Waals surface area contributed by atoms with Crippen LogP contribution >= 0.6 is 0 Å². The number of nitrogens with two attached hydrogens (primary N) is 1. The summed E-state index contributed by atoms with van der Waals surface area (Å²) in [6.07, 6.45) is 13.4. The number of aliphatic imine (C=N–C) groups is 1. The van der Waals surface area contributed by atoms with Crippen molar-refractivity contribution in [2.75, 3.05) is 57.8 Å². The van der Waals surface area contributed by atoms with Crippen molar-refractivity contribution in [3.63, 3.8) is 0 Å². The van der Waals surface area contributed by atoms with Crippen LogP contribution in [0, 0.1) is 11.5 Å². The average Bonchev–Trinajstić information content (AvgIpc) is 2.79. The van der Waals surface area contributed by atoms with Gasteiger partial charge >= 0.3 is 0 Å². The Morgan fingerprint density at radius 2 is 1.77 bits per heavy atom. The highest BCUT2D eigenvalue weighted by molar-refractivity contribution is 5.94. The predicted octanol–water partition coefficient (Wildman–Crippen LogP) is 2.16. The number of anilines is 1. The molecule has 1 aliphatic rings. The van der Waals surface area contributed by atoms with Crippen LogP contribution in [0.25, 0.3) is 0 Å². The Bertz CT molecular complexity index is 643. The Hall–Kier alpha value is -2.25. The van der Waals surface area contributed by atoms with Crippen LogP contribution in [0.4, 0.5) is 5.69 Å². The Kier molecular flexibility index (Phi) is 13.3. The fourth-order valence-corrected chi connectivity index (χ4v) is 3.49. The minimum atomic E-state index is 0.477. The normalized spacial score (nSPS) is 15.1. The van der Waals surface area contributed by atoms with Crippen molar-refractivity contribution in [1.29, 1.82) is 5.26 Å². The summed E-state index contributed by atoms with van der Waals surface area (Å²) in [7, 11) is 0. The molecule has 1 fully saturated rings. The van der Waals surface area contributed by atoms with Crippen molar-refractivity contribution >= 4 is 11.6 Å². The molecule has 0 saturated carbocycles. The lowest BCUT2D eigenvalue weighted by molar-refractivity contribution is 0.0361. The van der Waals surface area contributed by atoms with Gasteiger partial charge in [0.1, 0.15) is 0 Å². The van der Waals surface area contributed by atoms with Crippen molar-refractivity contribution in [3.8, 4) is 6.19 Å². The molecule has 0 spiro atoms. The zero-order valence-electron chi connectivity index (χ0n) is 18.6. The molecule has 1 aromatic heterocycles. The molecular formula is C22H38N8O. The molecule has 31 heavy (non-hydrogen) atoms. The third-order valence-electron chi connectivity index (χ3n) is 5.26. The lowest BCUT2D eigenvalue weighted by Crippen LogP contribution is -2.39. The molecule has 0 unspecified atom stereocenters. The summed E-state index contributed by atoms with van der Waals surface area (Å²) < 4.78 is 5.37. The van der Waals surface area contributed by atoms with Gasteiger partial charge in [0.2, 0.25) is 5.96 Å². The number of nitriles is 1. The van der Waals surface area contributed by atoms with E-state index in [-0.39, 0.29) is 0 Å². The molecule has 1 aromatic rings. The van der Waals surface area contributed by atoms with Gasteiger partial charge in [0.15, 0.2) is 6.19 Å². The number of nitrogens with zero attached hydrogens (tertiary/aromatic N) is 5. The van der Waals surface area contributed by atoms with Crippen LogP contribution in [0.1, 0.15) is 44.9 Å². The minimum absolute atomic E-state index is 0.477. The highest BCUT2D eigenvalue weighted by Gasteiger charge is 2.09. The van der Waals surface area contributed by atoms with E-state index < -0.39 is 0 Å². The van der Waals surface area contributed by atoms with Crippen molar-refractivity contribution in [1.82, 2.24) is 20.2 Å². The van der Waals surface area contributed by atoms with Crippen LogP contribution in [0.3, 0.4) is 0 Å². The van der Waals surface area contributed by atoms with E-state index in [2.05, 4.69) is 25.5 Å². The highest BCUT2D eigenvalue weighted by Crippen LogP contribution is 2.07. The van der Waals surface area contributed by atoms with Gasteiger partial charge in [-0.3, -0.25) is 26.0 Å². The Morgan fingerprint density at radius 1 is 1.10 bits per heavy atom. The van der Waals surface area contributed by atoms with E-state index >= 15 is 0 Å². The Balaban J connectivity index is 1.43. The number of ether oxygens (including phenoxy) is 1. The monoisotopic (exact) mass is 430 g/mol. The van der Waals surface area contributed by atoms with E-state index in [4.69, 9.17) is 15.8 Å². The number of pyridine rings is 1. The highest BCUT2D eigenvalue weighted by atomic mass is 16.5. The predicted molar refractivity (Wildman–Crippen MR) is 124 cm³/mol. The van der Waals surface area contributed by atoms with Gasteiger partial charge in [-0.1, -0.05) is 25.7 Å². The first-order valence-corrected chi connectivity index (χ1v) is 11.4. The maximum Gasteiger partial charge on any atom is 0.209 e. The summed E-state index contributed by atoms with van der Waals surface area (Å²) in [4.78, 5) is 10.9. The third-order valence-corrected chi connectivity index (χ3v) is 5.26. The molecule has 1 saturated heterocycles. The Labute approximate surface area is 186 Å². The van der Waals surface area contributed by atoms with Crippen molar-refractivity contribution in [3.05, 3.63) is 24.5 Å². The summed E-state index contributed by atoms with van der Waals surface area (Å²) in [5.74, 6) is 6.59. The number of rotatable bonds is 14. The lowest BCUT2D eigenvalue weighted by atomic mass is 10.1. The van der Waals surface area contributed by atoms with Crippen molar-refractivity contribution in [2.45, 2.75) is 44.9 Å². The van der Waals surface area contributed by atoms with E-state index in [9.17, 15) is 0 Å². The van der Waals surface area contributed by atoms with E-state index in [0.29, 0.717) is 12.5 Å². The van der Waals surface area contributed by atoms with Crippen LogP contribution in [0.5, 0.6) is 0 Å². The van der Waals surface area contributed by atoms with E-state index in [1.54, 1.807) is 12.4 Å². The topological polar surface area (TPSA) is 115 Å². The molecule has 9 nitrogen and oxygen atoms in total. The molecule has 0 amide bonds. The summed E-state index contributed by atoms with van der Waals surface area (Å²) in [5.41, 5.74) is 0.853. The van der Waals surface area contributed by atoms with Crippen LogP contribution in [0.15, 0.2) is 29.5 Å². The van der Waals surface area contributed by atoms with Crippen molar-refractivity contribution < 1.29 is 4.74 Å². The van der Waals surface area contributed by atoms with Crippen LogP contribution < -0.4 is 16.5 Å². The first kappa shape index (κ1) is 25.0. The fourth-order valence-electron chi connectivity index (χ4n) is 3.49. The summed E-state index contributed by atoms with van der Waals surface area (Å²) >= 11 is 0. The van der Waals surface area contributed by atoms with Gasteiger partial charge in [0.25, 0.3) is 0 Å². The fraction of sp³-hybridized carbons (Fsp3) is 0.682. The second-order valence-corrected chi connectivity index (χ2v) is 7.79. The summed E-state index contributed by atoms with van der Waals surface area (Å²) in [5, 5.41) is 16.5. The van der Waals surface area contributed by atoms with E-state index in [0.717, 1.165) is 77.3 Å². The van der Waals surface area contributed by atoms with E-state index in [1.165, 1.54) is 19.3 Å². The van der Waals surface area contributed by atoms with Gasteiger partial charge in [-0.15, -0.1) is 0 Å². The maximum absolute atomic E-state index is 8.87. The third kappa shape index (κ3) is 12.3. The van der Waals surface area contributed by atoms with Crippen LogP contribution in [-0.2, 0) is 4.74 Å². The number of hydrogen-bond acceptors (Lipinski definition) is 7. The Morgan fingerprint density at radius 3 is 2.52 bits per heavy atom. The largest absolute Gasteiger partial charge is 0.379 e. The molecule has 0 bridgehead atoms. The molecule has 0 radical (unpaired) electrons. The number of guanidine groups is 1. The van der Waals surface area contributed by atoms with Crippen molar-refractivity contribution in [2.24, 2.45) is 10.8 Å². The number of nitrogens with one attached hydrogen (secondary N) is 2. The zero-order chi connectivity index (χ0) is 22.0. The lowest BCUT2D eigenvalue weighted by Gasteiger charge is -2.27. The smallest absolute Gasteiger partial charge is 0.209 e. The van der Waals surface area contributed by atoms with Crippen LogP contribution in [0.2, 0.25) is 0 Å². The minimum Gasteiger partial charge on any atom is -0.379 e. The van der Waals surface area contributed by atoms with Gasteiger partial charge in [-0.05, 0) is 37.9 Å². The quantitative estimate of drug-likeness (QED) is 0.0782. The zero-order valence-corrected chi connectivity index (χ0v) is 18.6. The summed E-state index contributed by atoms with van der Waals surface area (Å²) in [6, 6.07) is 3.67. The molecule has 1 aliphatic heterocycles. The molecule has 0 aromatic carbocycles. The second kappa shape index (κ2) is 16.4. The van der Waals surface area contributed by atoms with Crippen LogP contribution in [-0.4, -0.2) is 73.3 Å². The molecular weight excluding hydrogens is 392 g/mol. The standard InChI is InChI=1S/C22H38N8O/c23-20-27-22(28-21-8-11-25-12-9-21)26-10-5-3-1-2-4-6-14-30(24)15-7-13-29-16-18-31-19-17-29/h8-9,11-12H,1-7,10,13-19,24H2,(H2,25,26,27,28). The number of hydrogen-bond donors (Lipinski definition) is 3. The number of unbranched alkanes of at least 4 members (excludes halogenated alkanes) is 5. The first-order valence-electron chi connectivity index (χ1n) is 11.4. The summed E-state index contributed by atoms with van der Waals surface area (Å²) in [6.45, 7) is 7.56. The van der Waals surface area contributed by atoms with Gasteiger partial charge < -0.3 is 10.1 Å². The average molecular weight is 431 g/mol. The molecule has 172 valence electrons. The van der Waals surface area contributed by atoms with Gasteiger partial charge in [0.05, 0.1) is 13.2 Å². The molecule has 2 rings (SSSR count). The molecule has 9 heteroatoms. The second-order valence-electron chi connectivity index (χ2n) is 7.79. The first-order chi connectivity index (χ1) is 15.3. The van der Waals surface area contributed by atoms with Gasteiger partial charge in [-0.2, -0.15) is 5.26 Å². The van der Waals surface area contributed by atoms with E-state index in [1.807, 2.05) is 23.3 Å². The molecule has 0 atom stereocenters. The number of aromatic nitrogens is 1. The van der Waals surface area contributed by atoms with Gasteiger partial charge in [0, 0.05) is 50.8 Å². The maximum atomic E-state index is 8.87. The molecule has 0 aliphatic carbocycles. The molecule has 2 heterocycles. The number of morpholine rings is 1. The van der Waals surface area contributed by atoms with Gasteiger partial charge in [-0.25, -0.2) is 5.01 Å².